The molecule has 0 spiro atoms. The summed E-state index contributed by atoms with van der Waals surface area (Å²) in [7, 11) is 0. The van der Waals surface area contributed by atoms with Gasteiger partial charge in [0, 0.05) is 18.7 Å². The summed E-state index contributed by atoms with van der Waals surface area (Å²) in [5.74, 6) is -0.358. The molecule has 2 rings (SSSR count). The number of guanidine groups is 1. The summed E-state index contributed by atoms with van der Waals surface area (Å²) in [4.78, 5) is 39.7. The van der Waals surface area contributed by atoms with Crippen molar-refractivity contribution in [3.05, 3.63) is 59.7 Å². The van der Waals surface area contributed by atoms with Crippen molar-refractivity contribution in [1.29, 1.82) is 0 Å². The van der Waals surface area contributed by atoms with Gasteiger partial charge in [0.15, 0.2) is 6.10 Å². The highest BCUT2D eigenvalue weighted by atomic mass is 16.6. The number of carboxylic acid groups (broad SMARTS) is 1. The van der Waals surface area contributed by atoms with Crippen molar-refractivity contribution in [3.63, 3.8) is 0 Å². The van der Waals surface area contributed by atoms with Crippen LogP contribution in [-0.4, -0.2) is 59.7 Å². The van der Waals surface area contributed by atoms with Gasteiger partial charge in [0.05, 0.1) is 6.61 Å². The Bertz CT molecular complexity index is 1210. The van der Waals surface area contributed by atoms with Crippen LogP contribution in [-0.2, 0) is 31.8 Å². The number of carbonyl (C=O) groups is 3. The number of carbonyl (C=O) groups excluding carboxylic acids is 2. The molecule has 2 aromatic carbocycles. The molecule has 11 heteroatoms. The fourth-order valence-electron chi connectivity index (χ4n) is 3.73. The number of hydrogen-bond donors (Lipinski definition) is 3. The van der Waals surface area contributed by atoms with E-state index < -0.39 is 35.5 Å². The van der Waals surface area contributed by atoms with Gasteiger partial charge in [-0.2, -0.15) is 0 Å². The van der Waals surface area contributed by atoms with Crippen molar-refractivity contribution < 1.29 is 38.4 Å². The number of rotatable bonds is 12. The van der Waals surface area contributed by atoms with Gasteiger partial charge in [-0.25, -0.2) is 14.4 Å². The summed E-state index contributed by atoms with van der Waals surface area (Å²) in [6.07, 6.45) is 0.425. The van der Waals surface area contributed by atoms with E-state index in [-0.39, 0.29) is 5.96 Å². The molecule has 3 N–H and O–H groups in total. The molecule has 0 fully saturated rings. The predicted molar refractivity (Wildman–Crippen MR) is 165 cm³/mol. The lowest BCUT2D eigenvalue weighted by Crippen LogP contribution is -2.40. The summed E-state index contributed by atoms with van der Waals surface area (Å²) in [5.41, 5.74) is 1.13. The largest absolute Gasteiger partial charge is 0.494 e. The van der Waals surface area contributed by atoms with Gasteiger partial charge in [-0.05, 0) is 103 Å². The van der Waals surface area contributed by atoms with Gasteiger partial charge in [0.2, 0.25) is 5.96 Å². The maximum Gasteiger partial charge on any atom is 0.437 e. The van der Waals surface area contributed by atoms with Gasteiger partial charge in [0.25, 0.3) is 0 Å². The lowest BCUT2D eigenvalue weighted by molar-refractivity contribution is -0.149. The number of aliphatic carboxylic acids is 1. The predicted octanol–water partition coefficient (Wildman–Crippen LogP) is 6.35. The average molecular weight is 600 g/mol. The number of anilines is 1. The Hall–Kier alpha value is -4.12. The number of nitrogens with one attached hydrogen (secondary N) is 2. The fraction of sp³-hybridized carbons (Fsp3) is 0.500. The topological polar surface area (TPSA) is 145 Å². The lowest BCUT2D eigenvalue weighted by Gasteiger charge is -2.21. The summed E-state index contributed by atoms with van der Waals surface area (Å²) < 4.78 is 21.6. The molecule has 0 radical (unpaired) electrons. The van der Waals surface area contributed by atoms with Gasteiger partial charge in [-0.3, -0.25) is 5.32 Å². The number of unbranched alkanes of at least 4 members (excludes halogenated alkanes) is 1. The second-order valence-electron chi connectivity index (χ2n) is 11.8. The summed E-state index contributed by atoms with van der Waals surface area (Å²) in [6.45, 7) is 13.0. The zero-order valence-electron chi connectivity index (χ0n) is 26.2. The van der Waals surface area contributed by atoms with Crippen LogP contribution in [0.3, 0.4) is 0 Å². The molecule has 236 valence electrons. The molecule has 0 aliphatic carbocycles. The van der Waals surface area contributed by atoms with E-state index in [0.29, 0.717) is 25.3 Å². The van der Waals surface area contributed by atoms with E-state index in [1.54, 1.807) is 48.5 Å². The molecule has 2 aromatic rings. The first kappa shape index (κ1) is 35.1. The van der Waals surface area contributed by atoms with E-state index in [9.17, 15) is 19.5 Å². The summed E-state index contributed by atoms with van der Waals surface area (Å²) >= 11 is 0. The molecule has 0 aliphatic rings. The summed E-state index contributed by atoms with van der Waals surface area (Å²) in [5, 5.41) is 14.7. The van der Waals surface area contributed by atoms with Crippen LogP contribution in [0.15, 0.2) is 53.5 Å². The van der Waals surface area contributed by atoms with Crippen molar-refractivity contribution >= 4 is 29.8 Å². The second-order valence-corrected chi connectivity index (χ2v) is 11.8. The third kappa shape index (κ3) is 15.1. The Morgan fingerprint density at radius 3 is 2.02 bits per heavy atom. The average Bonchev–Trinajstić information content (AvgIpc) is 2.87. The molecule has 2 amide bonds. The first-order valence-electron chi connectivity index (χ1n) is 14.4. The molecule has 0 unspecified atom stereocenters. The van der Waals surface area contributed by atoms with Gasteiger partial charge >= 0.3 is 18.2 Å². The monoisotopic (exact) mass is 599 g/mol. The molecule has 0 saturated carbocycles. The second kappa shape index (κ2) is 16.5. The number of nitrogens with zero attached hydrogens (tertiary/aromatic N) is 1. The van der Waals surface area contributed by atoms with Crippen LogP contribution >= 0.6 is 0 Å². The molecule has 0 heterocycles. The molecule has 0 bridgehead atoms. The van der Waals surface area contributed by atoms with Crippen LogP contribution < -0.4 is 15.4 Å². The zero-order chi connectivity index (χ0) is 32.0. The maximum absolute atomic E-state index is 12.3. The van der Waals surface area contributed by atoms with Crippen molar-refractivity contribution in [1.82, 2.24) is 5.32 Å². The van der Waals surface area contributed by atoms with Gasteiger partial charge < -0.3 is 29.4 Å². The third-order valence-electron chi connectivity index (χ3n) is 5.55. The van der Waals surface area contributed by atoms with E-state index >= 15 is 0 Å². The minimum Gasteiger partial charge on any atom is -0.494 e. The van der Waals surface area contributed by atoms with Gasteiger partial charge in [-0.15, -0.1) is 4.99 Å². The first-order chi connectivity index (χ1) is 20.1. The Kier molecular flexibility index (Phi) is 13.5. The van der Waals surface area contributed by atoms with Gasteiger partial charge in [-0.1, -0.05) is 24.3 Å². The van der Waals surface area contributed by atoms with E-state index in [1.807, 2.05) is 48.5 Å². The highest BCUT2D eigenvalue weighted by Gasteiger charge is 2.21. The van der Waals surface area contributed by atoms with Crippen molar-refractivity contribution in [3.8, 4) is 5.75 Å². The third-order valence-corrected chi connectivity index (χ3v) is 5.55. The van der Waals surface area contributed by atoms with Gasteiger partial charge in [0.1, 0.15) is 17.0 Å². The van der Waals surface area contributed by atoms with Crippen LogP contribution in [0.1, 0.15) is 72.4 Å². The highest BCUT2D eigenvalue weighted by Crippen LogP contribution is 2.17. The Morgan fingerprint density at radius 2 is 1.47 bits per heavy atom. The molecule has 1 atom stereocenters. The number of carboxylic acids is 1. The Morgan fingerprint density at radius 1 is 0.860 bits per heavy atom. The molecular formula is C32H45N3O8. The minimum atomic E-state index is -0.972. The quantitative estimate of drug-likeness (QED) is 0.144. The number of aliphatic imine (C=N–C) groups is 1. The molecule has 0 aromatic heterocycles. The molecule has 0 saturated heterocycles. The maximum atomic E-state index is 12.3. The number of ether oxygens (including phenoxy) is 4. The summed E-state index contributed by atoms with van der Waals surface area (Å²) in [6, 6.07) is 14.9. The van der Waals surface area contributed by atoms with E-state index in [1.165, 1.54) is 0 Å². The molecule has 11 nitrogen and oxygen atoms in total. The SMILES string of the molecule is CCO[C@@H](Cc1ccc(OCCCCc2ccc(N/C(=N/C(=O)OC(C)(C)C)NC(=O)OC(C)(C)C)cc2)cc1)C(=O)O. The fourth-order valence-corrected chi connectivity index (χ4v) is 3.73. The number of aryl methyl sites for hydroxylation is 1. The van der Waals surface area contributed by atoms with E-state index in [4.69, 9.17) is 18.9 Å². The van der Waals surface area contributed by atoms with Crippen LogP contribution in [0.4, 0.5) is 15.3 Å². The Balaban J connectivity index is 1.85. The first-order valence-corrected chi connectivity index (χ1v) is 14.4. The Labute approximate surface area is 254 Å². The highest BCUT2D eigenvalue weighted by molar-refractivity contribution is 6.06. The van der Waals surface area contributed by atoms with Crippen LogP contribution in [0, 0.1) is 0 Å². The zero-order valence-corrected chi connectivity index (χ0v) is 26.2. The van der Waals surface area contributed by atoms with Crippen LogP contribution in [0.2, 0.25) is 0 Å². The lowest BCUT2D eigenvalue weighted by atomic mass is 10.1. The molecule has 0 aliphatic heterocycles. The van der Waals surface area contributed by atoms with Crippen LogP contribution in [0.5, 0.6) is 5.75 Å². The smallest absolute Gasteiger partial charge is 0.437 e. The number of benzene rings is 2. The number of amides is 2. The van der Waals surface area contributed by atoms with E-state index in [2.05, 4.69) is 15.6 Å². The van der Waals surface area contributed by atoms with Crippen LogP contribution in [0.25, 0.3) is 0 Å². The number of hydrogen-bond acceptors (Lipinski definition) is 7. The minimum absolute atomic E-state index is 0.113. The van der Waals surface area contributed by atoms with Crippen molar-refractivity contribution in [2.45, 2.75) is 91.5 Å². The molecule has 43 heavy (non-hydrogen) atoms. The standard InChI is InChI=1S/C32H45N3O8/c1-8-40-26(27(36)37)21-23-14-18-25(19-15-23)41-20-10-9-11-22-12-16-24(17-13-22)33-28(34-29(38)42-31(2,3)4)35-30(39)43-32(5,6)7/h12-19,26H,8-11,20-21H2,1-7H3,(H,36,37)(H2,33,34,35,38,39)/t26-/m0/s1. The normalized spacial score (nSPS) is 12.7. The number of alkyl carbamates (subject to hydrolysis) is 1. The van der Waals surface area contributed by atoms with Crippen molar-refractivity contribution in [2.24, 2.45) is 4.99 Å². The molecular weight excluding hydrogens is 554 g/mol. The van der Waals surface area contributed by atoms with Crippen molar-refractivity contribution in [2.75, 3.05) is 18.5 Å². The van der Waals surface area contributed by atoms with E-state index in [0.717, 1.165) is 36.1 Å².